The van der Waals surface area contributed by atoms with Crippen LogP contribution in [0.4, 0.5) is 0 Å². The van der Waals surface area contributed by atoms with Crippen LogP contribution in [-0.4, -0.2) is 31.5 Å². The van der Waals surface area contributed by atoms with E-state index in [0.29, 0.717) is 18.8 Å². The number of para-hydroxylation sites is 1. The van der Waals surface area contributed by atoms with Crippen molar-refractivity contribution in [3.63, 3.8) is 0 Å². The summed E-state index contributed by atoms with van der Waals surface area (Å²) in [6.45, 7) is 4.37. The topological polar surface area (TPSA) is 67.4 Å². The van der Waals surface area contributed by atoms with Crippen LogP contribution in [0, 0.1) is 5.92 Å². The largest absolute Gasteiger partial charge is 0.483 e. The molecular weight excluding hydrogens is 316 g/mol. The van der Waals surface area contributed by atoms with Gasteiger partial charge in [0.2, 0.25) is 5.91 Å². The minimum atomic E-state index is -0.221. The van der Waals surface area contributed by atoms with Crippen LogP contribution in [0.25, 0.3) is 11.1 Å². The van der Waals surface area contributed by atoms with Crippen molar-refractivity contribution in [2.45, 2.75) is 13.8 Å². The molecule has 0 saturated carbocycles. The van der Waals surface area contributed by atoms with Crippen molar-refractivity contribution < 1.29 is 14.3 Å². The van der Waals surface area contributed by atoms with Gasteiger partial charge in [0.15, 0.2) is 6.61 Å². The molecule has 0 heterocycles. The maximum Gasteiger partial charge on any atom is 0.258 e. The fourth-order valence-corrected chi connectivity index (χ4v) is 2.23. The summed E-state index contributed by atoms with van der Waals surface area (Å²) in [5.41, 5.74) is 1.98. The molecule has 0 radical (unpaired) electrons. The van der Waals surface area contributed by atoms with Crippen molar-refractivity contribution in [3.05, 3.63) is 54.6 Å². The number of hydrogen-bond acceptors (Lipinski definition) is 3. The molecule has 2 aromatic carbocycles. The van der Waals surface area contributed by atoms with Gasteiger partial charge in [0.1, 0.15) is 5.75 Å². The van der Waals surface area contributed by atoms with E-state index in [1.165, 1.54) is 0 Å². The molecule has 2 amide bonds. The first-order valence-corrected chi connectivity index (χ1v) is 8.39. The smallest absolute Gasteiger partial charge is 0.258 e. The SMILES string of the molecule is CC(C)C(=O)NCCNC(=O)COc1ccccc1-c1ccccc1. The molecule has 0 aliphatic rings. The number of carbonyl (C=O) groups excluding carboxylic acids is 2. The number of ether oxygens (including phenoxy) is 1. The van der Waals surface area contributed by atoms with E-state index in [1.54, 1.807) is 0 Å². The van der Waals surface area contributed by atoms with Gasteiger partial charge < -0.3 is 15.4 Å². The van der Waals surface area contributed by atoms with Crippen LogP contribution in [-0.2, 0) is 9.59 Å². The molecule has 0 atom stereocenters. The molecule has 0 aromatic heterocycles. The van der Waals surface area contributed by atoms with Crippen LogP contribution in [0.2, 0.25) is 0 Å². The third-order valence-corrected chi connectivity index (χ3v) is 3.60. The number of rotatable bonds is 8. The number of nitrogens with one attached hydrogen (secondary N) is 2. The van der Waals surface area contributed by atoms with Gasteiger partial charge in [-0.3, -0.25) is 9.59 Å². The van der Waals surface area contributed by atoms with Gasteiger partial charge in [-0.15, -0.1) is 0 Å². The first-order valence-electron chi connectivity index (χ1n) is 8.39. The van der Waals surface area contributed by atoms with E-state index in [1.807, 2.05) is 68.4 Å². The summed E-state index contributed by atoms with van der Waals surface area (Å²) in [5, 5.41) is 5.48. The minimum Gasteiger partial charge on any atom is -0.483 e. The molecule has 2 aromatic rings. The van der Waals surface area contributed by atoms with Gasteiger partial charge in [-0.1, -0.05) is 62.4 Å². The normalized spacial score (nSPS) is 10.4. The van der Waals surface area contributed by atoms with E-state index >= 15 is 0 Å². The lowest BCUT2D eigenvalue weighted by atomic mass is 10.1. The van der Waals surface area contributed by atoms with Crippen LogP contribution in [0.15, 0.2) is 54.6 Å². The molecule has 0 saturated heterocycles. The maximum atomic E-state index is 11.9. The van der Waals surface area contributed by atoms with Gasteiger partial charge in [0, 0.05) is 24.6 Å². The summed E-state index contributed by atoms with van der Waals surface area (Å²) in [5.74, 6) is 0.356. The van der Waals surface area contributed by atoms with Gasteiger partial charge in [0.05, 0.1) is 0 Å². The molecule has 132 valence electrons. The molecule has 2 rings (SSSR count). The van der Waals surface area contributed by atoms with Gasteiger partial charge in [-0.05, 0) is 11.6 Å². The van der Waals surface area contributed by atoms with E-state index in [0.717, 1.165) is 11.1 Å². The number of benzene rings is 2. The monoisotopic (exact) mass is 340 g/mol. The predicted octanol–water partition coefficient (Wildman–Crippen LogP) is 2.62. The Bertz CT molecular complexity index is 699. The van der Waals surface area contributed by atoms with Crippen molar-refractivity contribution in [2.75, 3.05) is 19.7 Å². The van der Waals surface area contributed by atoms with E-state index < -0.39 is 0 Å². The van der Waals surface area contributed by atoms with Gasteiger partial charge in [0.25, 0.3) is 5.91 Å². The van der Waals surface area contributed by atoms with Crippen LogP contribution < -0.4 is 15.4 Å². The van der Waals surface area contributed by atoms with Crippen molar-refractivity contribution in [1.29, 1.82) is 0 Å². The Morgan fingerprint density at radius 2 is 1.56 bits per heavy atom. The molecule has 0 aliphatic heterocycles. The van der Waals surface area contributed by atoms with Gasteiger partial charge >= 0.3 is 0 Å². The van der Waals surface area contributed by atoms with Crippen molar-refractivity contribution in [3.8, 4) is 16.9 Å². The summed E-state index contributed by atoms with van der Waals surface area (Å²) < 4.78 is 5.67. The number of amides is 2. The first-order chi connectivity index (χ1) is 12.1. The molecule has 5 nitrogen and oxygen atoms in total. The van der Waals surface area contributed by atoms with Crippen molar-refractivity contribution in [1.82, 2.24) is 10.6 Å². The molecule has 0 fully saturated rings. The van der Waals surface area contributed by atoms with Gasteiger partial charge in [-0.25, -0.2) is 0 Å². The maximum absolute atomic E-state index is 11.9. The summed E-state index contributed by atoms with van der Waals surface area (Å²) in [6.07, 6.45) is 0. The Balaban J connectivity index is 1.82. The van der Waals surface area contributed by atoms with E-state index in [4.69, 9.17) is 4.74 Å². The minimum absolute atomic E-state index is 0.0257. The fourth-order valence-electron chi connectivity index (χ4n) is 2.23. The zero-order chi connectivity index (χ0) is 18.1. The van der Waals surface area contributed by atoms with Crippen LogP contribution >= 0.6 is 0 Å². The zero-order valence-electron chi connectivity index (χ0n) is 14.6. The standard InChI is InChI=1S/C20H24N2O3/c1-15(2)20(24)22-13-12-21-19(23)14-25-18-11-7-6-10-17(18)16-8-4-3-5-9-16/h3-11,15H,12-14H2,1-2H3,(H,21,23)(H,22,24). The van der Waals surface area contributed by atoms with Crippen LogP contribution in [0.1, 0.15) is 13.8 Å². The lowest BCUT2D eigenvalue weighted by Crippen LogP contribution is -2.38. The highest BCUT2D eigenvalue weighted by atomic mass is 16.5. The van der Waals surface area contributed by atoms with E-state index in [2.05, 4.69) is 10.6 Å². The summed E-state index contributed by atoms with van der Waals surface area (Å²) >= 11 is 0. The summed E-state index contributed by atoms with van der Waals surface area (Å²) in [4.78, 5) is 23.3. The molecule has 0 aliphatic carbocycles. The molecule has 0 spiro atoms. The molecule has 0 unspecified atom stereocenters. The highest BCUT2D eigenvalue weighted by Crippen LogP contribution is 2.29. The Labute approximate surface area is 148 Å². The van der Waals surface area contributed by atoms with Crippen LogP contribution in [0.5, 0.6) is 5.75 Å². The lowest BCUT2D eigenvalue weighted by molar-refractivity contribution is -0.125. The van der Waals surface area contributed by atoms with Gasteiger partial charge in [-0.2, -0.15) is 0 Å². The van der Waals surface area contributed by atoms with E-state index in [-0.39, 0.29) is 24.3 Å². The molecular formula is C20H24N2O3. The Morgan fingerprint density at radius 1 is 0.920 bits per heavy atom. The average Bonchev–Trinajstić information content (AvgIpc) is 2.64. The fraction of sp³-hybridized carbons (Fsp3) is 0.300. The second-order valence-electron chi connectivity index (χ2n) is 5.95. The quantitative estimate of drug-likeness (QED) is 0.726. The van der Waals surface area contributed by atoms with E-state index in [9.17, 15) is 9.59 Å². The number of carbonyl (C=O) groups is 2. The molecule has 2 N–H and O–H groups in total. The third kappa shape index (κ3) is 5.95. The zero-order valence-corrected chi connectivity index (χ0v) is 14.6. The second kappa shape index (κ2) is 9.47. The summed E-state index contributed by atoms with van der Waals surface area (Å²) in [7, 11) is 0. The molecule has 0 bridgehead atoms. The Kier molecular flexibility index (Phi) is 7.01. The number of hydrogen-bond donors (Lipinski definition) is 2. The second-order valence-corrected chi connectivity index (χ2v) is 5.95. The average molecular weight is 340 g/mol. The Morgan fingerprint density at radius 3 is 2.28 bits per heavy atom. The lowest BCUT2D eigenvalue weighted by Gasteiger charge is -2.12. The highest BCUT2D eigenvalue weighted by molar-refractivity contribution is 5.79. The van der Waals surface area contributed by atoms with Crippen molar-refractivity contribution >= 4 is 11.8 Å². The Hall–Kier alpha value is -2.82. The summed E-state index contributed by atoms with van der Waals surface area (Å²) in [6, 6.07) is 17.5. The first kappa shape index (κ1) is 18.5. The highest BCUT2D eigenvalue weighted by Gasteiger charge is 2.09. The predicted molar refractivity (Wildman–Crippen MR) is 98.2 cm³/mol. The van der Waals surface area contributed by atoms with Crippen LogP contribution in [0.3, 0.4) is 0 Å². The molecule has 25 heavy (non-hydrogen) atoms. The third-order valence-electron chi connectivity index (χ3n) is 3.60. The van der Waals surface area contributed by atoms with Crippen molar-refractivity contribution in [2.24, 2.45) is 5.92 Å². The molecule has 5 heteroatoms.